The Morgan fingerprint density at radius 2 is 1.88 bits per heavy atom. The first-order valence-electron chi connectivity index (χ1n) is 9.54. The Morgan fingerprint density at radius 3 is 2.52 bits per heavy atom. The van der Waals surface area contributed by atoms with Crippen molar-refractivity contribution in [2.24, 2.45) is 4.99 Å². The molecule has 0 amide bonds. The Balaban J connectivity index is 0.00000312. The summed E-state index contributed by atoms with van der Waals surface area (Å²) >= 11 is 0. The highest BCUT2D eigenvalue weighted by Gasteiger charge is 2.28. The van der Waals surface area contributed by atoms with Gasteiger partial charge in [-0.2, -0.15) is 0 Å². The van der Waals surface area contributed by atoms with Crippen LogP contribution in [-0.4, -0.2) is 86.9 Å². The lowest BCUT2D eigenvalue weighted by atomic mass is 10.0. The normalized spacial score (nSPS) is 23.8. The van der Waals surface area contributed by atoms with E-state index in [0.717, 1.165) is 57.9 Å². The molecule has 6 nitrogen and oxygen atoms in total. The number of rotatable bonds is 6. The number of aliphatic imine (C=N–C) groups is 1. The van der Waals surface area contributed by atoms with Gasteiger partial charge in [0.05, 0.1) is 13.2 Å². The summed E-state index contributed by atoms with van der Waals surface area (Å²) in [5, 5.41) is 6.96. The molecule has 1 atom stereocenters. The number of guanidine groups is 1. The standard InChI is InChI=1S/C18H37N5O.HI/c1-16-7-5-6-9-22(16)10-8-20-17(19-4)21-15-18(2,3)23-11-13-24-14-12-23;/h16H,5-15H2,1-4H3,(H2,19,20,21);1H. The van der Waals surface area contributed by atoms with Gasteiger partial charge in [-0.1, -0.05) is 6.42 Å². The Kier molecular flexibility index (Phi) is 10.6. The van der Waals surface area contributed by atoms with E-state index in [0.29, 0.717) is 0 Å². The topological polar surface area (TPSA) is 52.1 Å². The molecule has 2 rings (SSSR count). The van der Waals surface area contributed by atoms with Gasteiger partial charge in [0.15, 0.2) is 5.96 Å². The van der Waals surface area contributed by atoms with Gasteiger partial charge >= 0.3 is 0 Å². The second-order valence-electron chi connectivity index (χ2n) is 7.65. The molecule has 2 aliphatic heterocycles. The first-order valence-corrected chi connectivity index (χ1v) is 9.54. The molecule has 2 saturated heterocycles. The van der Waals surface area contributed by atoms with E-state index in [9.17, 15) is 0 Å². The summed E-state index contributed by atoms with van der Waals surface area (Å²) in [7, 11) is 1.85. The van der Waals surface area contributed by atoms with Crippen LogP contribution in [0.2, 0.25) is 0 Å². The minimum atomic E-state index is 0. The van der Waals surface area contributed by atoms with Crippen LogP contribution in [0, 0.1) is 0 Å². The van der Waals surface area contributed by atoms with Gasteiger partial charge in [-0.15, -0.1) is 24.0 Å². The van der Waals surface area contributed by atoms with Gasteiger partial charge in [0.1, 0.15) is 0 Å². The van der Waals surface area contributed by atoms with Gasteiger partial charge in [0, 0.05) is 51.4 Å². The number of morpholine rings is 1. The predicted octanol–water partition coefficient (Wildman–Crippen LogP) is 1.75. The molecule has 0 radical (unpaired) electrons. The monoisotopic (exact) mass is 467 g/mol. The smallest absolute Gasteiger partial charge is 0.191 e. The number of halogens is 1. The first kappa shape index (κ1) is 22.9. The lowest BCUT2D eigenvalue weighted by Gasteiger charge is -2.41. The summed E-state index contributed by atoms with van der Waals surface area (Å²) in [6.07, 6.45) is 4.05. The fourth-order valence-electron chi connectivity index (χ4n) is 3.61. The minimum Gasteiger partial charge on any atom is -0.379 e. The first-order chi connectivity index (χ1) is 11.5. The van der Waals surface area contributed by atoms with E-state index in [1.807, 2.05) is 7.05 Å². The summed E-state index contributed by atoms with van der Waals surface area (Å²) in [6.45, 7) is 14.8. The summed E-state index contributed by atoms with van der Waals surface area (Å²) < 4.78 is 5.46. The Bertz CT molecular complexity index is 399. The number of ether oxygens (including phenoxy) is 1. The van der Waals surface area contributed by atoms with E-state index >= 15 is 0 Å². The van der Waals surface area contributed by atoms with Crippen molar-refractivity contribution in [3.05, 3.63) is 0 Å². The van der Waals surface area contributed by atoms with Crippen LogP contribution in [0.5, 0.6) is 0 Å². The molecule has 2 aliphatic rings. The van der Waals surface area contributed by atoms with E-state index < -0.39 is 0 Å². The molecule has 0 aliphatic carbocycles. The van der Waals surface area contributed by atoms with Crippen molar-refractivity contribution in [3.63, 3.8) is 0 Å². The van der Waals surface area contributed by atoms with Gasteiger partial charge in [-0.3, -0.25) is 14.8 Å². The number of nitrogens with zero attached hydrogens (tertiary/aromatic N) is 3. The van der Waals surface area contributed by atoms with Gasteiger partial charge < -0.3 is 15.4 Å². The highest BCUT2D eigenvalue weighted by Crippen LogP contribution is 2.16. The maximum absolute atomic E-state index is 5.46. The lowest BCUT2D eigenvalue weighted by Crippen LogP contribution is -2.56. The molecule has 0 aromatic heterocycles. The quantitative estimate of drug-likeness (QED) is 0.354. The fourth-order valence-corrected chi connectivity index (χ4v) is 3.61. The summed E-state index contributed by atoms with van der Waals surface area (Å²) in [6, 6.07) is 0.718. The highest BCUT2D eigenvalue weighted by atomic mass is 127. The van der Waals surface area contributed by atoms with E-state index in [1.54, 1.807) is 0 Å². The third-order valence-electron chi connectivity index (χ3n) is 5.41. The molecule has 2 fully saturated rings. The van der Waals surface area contributed by atoms with Gasteiger partial charge in [-0.25, -0.2) is 0 Å². The maximum atomic E-state index is 5.46. The summed E-state index contributed by atoms with van der Waals surface area (Å²) in [5.74, 6) is 0.904. The molecular formula is C18H38IN5O. The van der Waals surface area contributed by atoms with Crippen molar-refractivity contribution in [2.75, 3.05) is 59.5 Å². The third kappa shape index (κ3) is 7.56. The molecule has 2 N–H and O–H groups in total. The minimum absolute atomic E-state index is 0. The van der Waals surface area contributed by atoms with Crippen molar-refractivity contribution in [2.45, 2.75) is 51.6 Å². The van der Waals surface area contributed by atoms with Crippen molar-refractivity contribution in [1.29, 1.82) is 0 Å². The van der Waals surface area contributed by atoms with Gasteiger partial charge in [0.25, 0.3) is 0 Å². The van der Waals surface area contributed by atoms with Crippen LogP contribution in [0.15, 0.2) is 4.99 Å². The zero-order chi connectivity index (χ0) is 17.4. The Hall–Kier alpha value is -0.120. The van der Waals surface area contributed by atoms with Crippen LogP contribution >= 0.6 is 24.0 Å². The van der Waals surface area contributed by atoms with E-state index in [2.05, 4.69) is 46.2 Å². The number of piperidine rings is 1. The molecule has 0 aromatic carbocycles. The number of nitrogens with one attached hydrogen (secondary N) is 2. The fraction of sp³-hybridized carbons (Fsp3) is 0.944. The van der Waals surface area contributed by atoms with Crippen molar-refractivity contribution >= 4 is 29.9 Å². The molecule has 25 heavy (non-hydrogen) atoms. The molecule has 7 heteroatoms. The van der Waals surface area contributed by atoms with Gasteiger partial charge in [0.2, 0.25) is 0 Å². The average Bonchev–Trinajstić information content (AvgIpc) is 2.60. The number of likely N-dealkylation sites (tertiary alicyclic amines) is 1. The SMILES string of the molecule is CN=C(NCCN1CCCCC1C)NCC(C)(C)N1CCOCC1.I. The van der Waals surface area contributed by atoms with Crippen LogP contribution < -0.4 is 10.6 Å². The maximum Gasteiger partial charge on any atom is 0.191 e. The zero-order valence-electron chi connectivity index (χ0n) is 16.5. The van der Waals surface area contributed by atoms with E-state index in [-0.39, 0.29) is 29.5 Å². The Labute approximate surface area is 171 Å². The number of hydrogen-bond acceptors (Lipinski definition) is 4. The van der Waals surface area contributed by atoms with Crippen molar-refractivity contribution in [3.8, 4) is 0 Å². The molecule has 0 aromatic rings. The van der Waals surface area contributed by atoms with Crippen LogP contribution in [0.1, 0.15) is 40.0 Å². The summed E-state index contributed by atoms with van der Waals surface area (Å²) in [4.78, 5) is 9.45. The third-order valence-corrected chi connectivity index (χ3v) is 5.41. The molecule has 0 bridgehead atoms. The molecular weight excluding hydrogens is 429 g/mol. The lowest BCUT2D eigenvalue weighted by molar-refractivity contribution is -0.00834. The Morgan fingerprint density at radius 1 is 1.16 bits per heavy atom. The van der Waals surface area contributed by atoms with E-state index in [1.165, 1.54) is 25.8 Å². The number of hydrogen-bond donors (Lipinski definition) is 2. The van der Waals surface area contributed by atoms with Crippen LogP contribution in [-0.2, 0) is 4.74 Å². The van der Waals surface area contributed by atoms with E-state index in [4.69, 9.17) is 4.74 Å². The highest BCUT2D eigenvalue weighted by molar-refractivity contribution is 14.0. The van der Waals surface area contributed by atoms with Crippen LogP contribution in [0.4, 0.5) is 0 Å². The van der Waals surface area contributed by atoms with Crippen LogP contribution in [0.25, 0.3) is 0 Å². The molecule has 2 heterocycles. The summed E-state index contributed by atoms with van der Waals surface area (Å²) in [5.41, 5.74) is 0.1000. The largest absolute Gasteiger partial charge is 0.379 e. The average molecular weight is 467 g/mol. The predicted molar refractivity (Wildman–Crippen MR) is 116 cm³/mol. The molecule has 1 unspecified atom stereocenters. The van der Waals surface area contributed by atoms with Crippen molar-refractivity contribution in [1.82, 2.24) is 20.4 Å². The van der Waals surface area contributed by atoms with Crippen molar-refractivity contribution < 1.29 is 4.74 Å². The second-order valence-corrected chi connectivity index (χ2v) is 7.65. The van der Waals surface area contributed by atoms with Crippen LogP contribution in [0.3, 0.4) is 0 Å². The molecule has 0 spiro atoms. The van der Waals surface area contributed by atoms with Gasteiger partial charge in [-0.05, 0) is 40.2 Å². The molecule has 148 valence electrons. The second kappa shape index (κ2) is 11.6. The zero-order valence-corrected chi connectivity index (χ0v) is 18.8. The molecule has 0 saturated carbocycles.